The van der Waals surface area contributed by atoms with Crippen molar-refractivity contribution in [2.24, 2.45) is 0 Å². The average molecular weight is 204 g/mol. The summed E-state index contributed by atoms with van der Waals surface area (Å²) in [6, 6.07) is 0. The molecule has 2 N–H and O–H groups in total. The molecule has 0 spiro atoms. The zero-order valence-corrected chi connectivity index (χ0v) is 8.95. The molecule has 0 aromatic heterocycles. The Hall–Kier alpha value is -0.650. The molecule has 0 unspecified atom stereocenters. The molecule has 0 aliphatic heterocycles. The normalized spacial score (nSPS) is 10.2. The smallest absolute Gasteiger partial charge is 0.236 e. The highest BCUT2D eigenvalue weighted by Crippen LogP contribution is 1.89. The molecule has 0 fully saturated rings. The van der Waals surface area contributed by atoms with Crippen LogP contribution in [0.2, 0.25) is 0 Å². The Bertz CT molecular complexity index is 153. The summed E-state index contributed by atoms with van der Waals surface area (Å²) >= 11 is 0. The van der Waals surface area contributed by atoms with Gasteiger partial charge in [0, 0.05) is 20.2 Å². The van der Waals surface area contributed by atoms with Gasteiger partial charge in [-0.15, -0.1) is 0 Å². The van der Waals surface area contributed by atoms with Crippen molar-refractivity contribution in [3.8, 4) is 0 Å². The maximum absolute atomic E-state index is 11.5. The molecule has 0 heterocycles. The fraction of sp³-hybridized carbons (Fsp3) is 0.889. The van der Waals surface area contributed by atoms with Gasteiger partial charge in [0.25, 0.3) is 0 Å². The maximum Gasteiger partial charge on any atom is 0.236 e. The summed E-state index contributed by atoms with van der Waals surface area (Å²) < 4.78 is 4.88. The number of nitrogens with one attached hydrogen (secondary N) is 1. The van der Waals surface area contributed by atoms with Crippen molar-refractivity contribution in [2.75, 3.05) is 46.5 Å². The molecule has 1 amide bonds. The first-order valence-electron chi connectivity index (χ1n) is 4.84. The minimum atomic E-state index is -0.0123. The highest BCUT2D eigenvalue weighted by Gasteiger charge is 2.11. The van der Waals surface area contributed by atoms with Crippen molar-refractivity contribution in [3.05, 3.63) is 0 Å². The number of methoxy groups -OCH3 is 1. The summed E-state index contributed by atoms with van der Waals surface area (Å²) in [5.41, 5.74) is 0. The van der Waals surface area contributed by atoms with Gasteiger partial charge in [-0.1, -0.05) is 6.92 Å². The molecule has 5 heteroatoms. The summed E-state index contributed by atoms with van der Waals surface area (Å²) in [7, 11) is 1.59. The van der Waals surface area contributed by atoms with Gasteiger partial charge in [-0.3, -0.25) is 4.79 Å². The van der Waals surface area contributed by atoms with Gasteiger partial charge in [-0.2, -0.15) is 0 Å². The van der Waals surface area contributed by atoms with Gasteiger partial charge < -0.3 is 20.1 Å². The fourth-order valence-corrected chi connectivity index (χ4v) is 1.03. The van der Waals surface area contributed by atoms with Crippen LogP contribution in [-0.2, 0) is 9.53 Å². The lowest BCUT2D eigenvalue weighted by Gasteiger charge is -2.21. The van der Waals surface area contributed by atoms with Crippen LogP contribution in [0.4, 0.5) is 0 Å². The molecule has 0 rings (SSSR count). The lowest BCUT2D eigenvalue weighted by atomic mass is 10.4. The SMILES string of the molecule is CCNCC(=O)N(CCO)CCOC. The molecule has 0 aromatic carbocycles. The van der Waals surface area contributed by atoms with Crippen LogP contribution in [0, 0.1) is 0 Å². The number of aliphatic hydroxyl groups excluding tert-OH is 1. The lowest BCUT2D eigenvalue weighted by Crippen LogP contribution is -2.41. The molecule has 84 valence electrons. The molecular formula is C9H20N2O3. The third-order valence-electron chi connectivity index (χ3n) is 1.81. The number of rotatable bonds is 8. The molecule has 14 heavy (non-hydrogen) atoms. The standard InChI is InChI=1S/C9H20N2O3/c1-3-10-8-9(13)11(4-6-12)5-7-14-2/h10,12H,3-8H2,1-2H3. The summed E-state index contributed by atoms with van der Waals surface area (Å²) in [6.07, 6.45) is 0. The van der Waals surface area contributed by atoms with Crippen molar-refractivity contribution >= 4 is 5.91 Å². The highest BCUT2D eigenvalue weighted by atomic mass is 16.5. The van der Waals surface area contributed by atoms with E-state index in [1.165, 1.54) is 0 Å². The number of aliphatic hydroxyl groups is 1. The molecule has 5 nitrogen and oxygen atoms in total. The van der Waals surface area contributed by atoms with Gasteiger partial charge in [0.15, 0.2) is 0 Å². The first-order valence-corrected chi connectivity index (χ1v) is 4.84. The number of hydrogen-bond donors (Lipinski definition) is 2. The Morgan fingerprint density at radius 1 is 1.50 bits per heavy atom. The predicted molar refractivity (Wildman–Crippen MR) is 54.1 cm³/mol. The third-order valence-corrected chi connectivity index (χ3v) is 1.81. The lowest BCUT2D eigenvalue weighted by molar-refractivity contribution is -0.131. The molecule has 0 atom stereocenters. The van der Waals surface area contributed by atoms with Crippen LogP contribution < -0.4 is 5.32 Å². The van der Waals surface area contributed by atoms with Crippen LogP contribution in [0.15, 0.2) is 0 Å². The van der Waals surface area contributed by atoms with Crippen LogP contribution >= 0.6 is 0 Å². The Kier molecular flexibility index (Phi) is 8.51. The first-order chi connectivity index (χ1) is 6.76. The topological polar surface area (TPSA) is 61.8 Å². The molecule has 0 radical (unpaired) electrons. The maximum atomic E-state index is 11.5. The Morgan fingerprint density at radius 3 is 2.71 bits per heavy atom. The molecule has 0 saturated heterocycles. The van der Waals surface area contributed by atoms with Gasteiger partial charge in [-0.25, -0.2) is 0 Å². The minimum Gasteiger partial charge on any atom is -0.395 e. The summed E-state index contributed by atoms with van der Waals surface area (Å²) in [5.74, 6) is -0.00190. The van der Waals surface area contributed by atoms with Crippen LogP contribution in [-0.4, -0.2) is 62.4 Å². The number of amides is 1. The third kappa shape index (κ3) is 5.90. The Labute approximate surface area is 85.0 Å². The van der Waals surface area contributed by atoms with E-state index < -0.39 is 0 Å². The van der Waals surface area contributed by atoms with E-state index >= 15 is 0 Å². The van der Waals surface area contributed by atoms with Crippen LogP contribution in [0.5, 0.6) is 0 Å². The molecule has 0 saturated carbocycles. The van der Waals surface area contributed by atoms with Crippen molar-refractivity contribution < 1.29 is 14.6 Å². The predicted octanol–water partition coefficient (Wildman–Crippen LogP) is -0.937. The Morgan fingerprint density at radius 2 is 2.21 bits per heavy atom. The second-order valence-corrected chi connectivity index (χ2v) is 2.88. The quantitative estimate of drug-likeness (QED) is 0.536. The summed E-state index contributed by atoms with van der Waals surface area (Å²) in [6.45, 7) is 4.41. The van der Waals surface area contributed by atoms with Crippen LogP contribution in [0.1, 0.15) is 6.92 Å². The van der Waals surface area contributed by atoms with E-state index in [0.717, 1.165) is 6.54 Å². The molecule has 0 aliphatic rings. The van der Waals surface area contributed by atoms with Gasteiger partial charge in [0.2, 0.25) is 5.91 Å². The van der Waals surface area contributed by atoms with E-state index in [9.17, 15) is 4.79 Å². The van der Waals surface area contributed by atoms with Crippen LogP contribution in [0.25, 0.3) is 0 Å². The Balaban J connectivity index is 3.84. The van der Waals surface area contributed by atoms with Crippen LogP contribution in [0.3, 0.4) is 0 Å². The monoisotopic (exact) mass is 204 g/mol. The summed E-state index contributed by atoms with van der Waals surface area (Å²) in [5, 5.41) is 11.7. The highest BCUT2D eigenvalue weighted by molar-refractivity contribution is 5.78. The van der Waals surface area contributed by atoms with Gasteiger partial charge in [-0.05, 0) is 6.54 Å². The van der Waals surface area contributed by atoms with E-state index in [1.807, 2.05) is 6.92 Å². The first kappa shape index (κ1) is 13.4. The molecule has 0 aromatic rings. The van der Waals surface area contributed by atoms with Gasteiger partial charge in [0.05, 0.1) is 19.8 Å². The van der Waals surface area contributed by atoms with Crippen molar-refractivity contribution in [1.82, 2.24) is 10.2 Å². The van der Waals surface area contributed by atoms with E-state index in [1.54, 1.807) is 12.0 Å². The molecular weight excluding hydrogens is 184 g/mol. The second-order valence-electron chi connectivity index (χ2n) is 2.88. The van der Waals surface area contributed by atoms with E-state index in [-0.39, 0.29) is 12.5 Å². The fourth-order valence-electron chi connectivity index (χ4n) is 1.03. The van der Waals surface area contributed by atoms with Gasteiger partial charge >= 0.3 is 0 Å². The zero-order chi connectivity index (χ0) is 10.8. The second kappa shape index (κ2) is 8.93. The molecule has 0 aliphatic carbocycles. The number of carbonyl (C=O) groups excluding carboxylic acids is 1. The number of nitrogens with zero attached hydrogens (tertiary/aromatic N) is 1. The number of carbonyl (C=O) groups is 1. The largest absolute Gasteiger partial charge is 0.395 e. The zero-order valence-electron chi connectivity index (χ0n) is 8.95. The number of likely N-dealkylation sites (N-methyl/N-ethyl adjacent to an activating group) is 1. The van der Waals surface area contributed by atoms with E-state index in [4.69, 9.17) is 9.84 Å². The van der Waals surface area contributed by atoms with Crippen molar-refractivity contribution in [3.63, 3.8) is 0 Å². The van der Waals surface area contributed by atoms with E-state index in [0.29, 0.717) is 26.2 Å². The number of hydrogen-bond acceptors (Lipinski definition) is 4. The minimum absolute atomic E-state index is 0.00190. The average Bonchev–Trinajstić information content (AvgIpc) is 2.20. The molecule has 0 bridgehead atoms. The van der Waals surface area contributed by atoms with E-state index in [2.05, 4.69) is 5.32 Å². The number of ether oxygens (including phenoxy) is 1. The summed E-state index contributed by atoms with van der Waals surface area (Å²) in [4.78, 5) is 13.1. The van der Waals surface area contributed by atoms with Gasteiger partial charge in [0.1, 0.15) is 0 Å². The van der Waals surface area contributed by atoms with Crippen molar-refractivity contribution in [2.45, 2.75) is 6.92 Å². The van der Waals surface area contributed by atoms with Crippen molar-refractivity contribution in [1.29, 1.82) is 0 Å².